The first-order chi connectivity index (χ1) is 5.68. The maximum Gasteiger partial charge on any atom is -0.0287 e. The molecule has 0 aromatic carbocycles. The van der Waals surface area contributed by atoms with Gasteiger partial charge in [-0.15, -0.1) is 6.58 Å². The van der Waals surface area contributed by atoms with Crippen molar-refractivity contribution in [2.45, 2.75) is 34.6 Å². The molecule has 72 valence electrons. The molecule has 0 aromatic rings. The van der Waals surface area contributed by atoms with Crippen LogP contribution in [-0.2, 0) is 0 Å². The van der Waals surface area contributed by atoms with Gasteiger partial charge in [-0.05, 0) is 12.8 Å². The van der Waals surface area contributed by atoms with Gasteiger partial charge < -0.3 is 0 Å². The van der Waals surface area contributed by atoms with E-state index < -0.39 is 0 Å². The zero-order valence-corrected chi connectivity index (χ0v) is 9.30. The Morgan fingerprint density at radius 3 is 1.50 bits per heavy atom. The Balaban J connectivity index is -0.000000137. The molecule has 12 heavy (non-hydrogen) atoms. The summed E-state index contributed by atoms with van der Waals surface area (Å²) in [6.07, 6.45) is 7.61. The third kappa shape index (κ3) is 60.1. The van der Waals surface area contributed by atoms with Gasteiger partial charge in [-0.2, -0.15) is 0 Å². The Kier molecular flexibility index (Phi) is 32.5. The number of rotatable bonds is 2. The van der Waals surface area contributed by atoms with Crippen molar-refractivity contribution in [3.05, 3.63) is 37.5 Å². The Morgan fingerprint density at radius 2 is 1.42 bits per heavy atom. The van der Waals surface area contributed by atoms with Gasteiger partial charge in [0.1, 0.15) is 0 Å². The van der Waals surface area contributed by atoms with Crippen molar-refractivity contribution < 1.29 is 0 Å². The minimum Gasteiger partial charge on any atom is -0.103 e. The molecule has 0 saturated carbocycles. The molecule has 0 amide bonds. The van der Waals surface area contributed by atoms with E-state index in [1.54, 1.807) is 12.2 Å². The summed E-state index contributed by atoms with van der Waals surface area (Å²) < 4.78 is 0. The molecule has 0 N–H and O–H groups in total. The first-order valence-corrected chi connectivity index (χ1v) is 4.55. The van der Waals surface area contributed by atoms with Crippen LogP contribution in [0.25, 0.3) is 0 Å². The summed E-state index contributed by atoms with van der Waals surface area (Å²) in [6.45, 7) is 17.1. The molecule has 0 aliphatic heterocycles. The van der Waals surface area contributed by atoms with Crippen molar-refractivity contribution in [3.8, 4) is 0 Å². The van der Waals surface area contributed by atoms with Gasteiger partial charge >= 0.3 is 0 Å². The zero-order chi connectivity index (χ0) is 10.4. The first-order valence-electron chi connectivity index (χ1n) is 4.55. The lowest BCUT2D eigenvalue weighted by Gasteiger charge is -1.87. The van der Waals surface area contributed by atoms with E-state index in [2.05, 4.69) is 33.1 Å². The van der Waals surface area contributed by atoms with Crippen LogP contribution in [0, 0.1) is 5.92 Å². The monoisotopic (exact) mass is 168 g/mol. The fraction of sp³-hybridized carbons (Fsp3) is 0.500. The summed E-state index contributed by atoms with van der Waals surface area (Å²) in [5, 5.41) is 0. The summed E-state index contributed by atoms with van der Waals surface area (Å²) in [4.78, 5) is 0. The van der Waals surface area contributed by atoms with Crippen LogP contribution >= 0.6 is 0 Å². The molecule has 0 saturated heterocycles. The van der Waals surface area contributed by atoms with E-state index in [0.717, 1.165) is 0 Å². The van der Waals surface area contributed by atoms with Crippen LogP contribution < -0.4 is 0 Å². The molecular formula is C12H24. The summed E-state index contributed by atoms with van der Waals surface area (Å²) >= 11 is 0. The van der Waals surface area contributed by atoms with Crippen LogP contribution in [0.3, 0.4) is 0 Å². The molecule has 0 unspecified atom stereocenters. The van der Waals surface area contributed by atoms with Gasteiger partial charge in [0.2, 0.25) is 0 Å². The van der Waals surface area contributed by atoms with E-state index >= 15 is 0 Å². The molecule has 0 rings (SSSR count). The summed E-state index contributed by atoms with van der Waals surface area (Å²) in [5.41, 5.74) is 0. The van der Waals surface area contributed by atoms with Crippen molar-refractivity contribution >= 4 is 0 Å². The fourth-order valence-corrected chi connectivity index (χ4v) is 0.301. The van der Waals surface area contributed by atoms with E-state index in [0.29, 0.717) is 5.92 Å². The van der Waals surface area contributed by atoms with E-state index in [-0.39, 0.29) is 0 Å². The van der Waals surface area contributed by atoms with Crippen LogP contribution in [0.2, 0.25) is 0 Å². The van der Waals surface area contributed by atoms with Crippen LogP contribution in [0.5, 0.6) is 0 Å². The summed E-state index contributed by atoms with van der Waals surface area (Å²) in [7, 11) is 0. The third-order valence-electron chi connectivity index (χ3n) is 0.632. The molecule has 0 radical (unpaired) electrons. The molecule has 0 bridgehead atoms. The largest absolute Gasteiger partial charge is 0.103 e. The van der Waals surface area contributed by atoms with E-state index in [9.17, 15) is 0 Å². The molecule has 0 heterocycles. The lowest BCUT2D eigenvalue weighted by Crippen LogP contribution is -1.73. The fourth-order valence-electron chi connectivity index (χ4n) is 0.301. The van der Waals surface area contributed by atoms with Gasteiger partial charge in [0.05, 0.1) is 0 Å². The highest BCUT2D eigenvalue weighted by molar-refractivity contribution is 4.98. The average molecular weight is 168 g/mol. The summed E-state index contributed by atoms with van der Waals surface area (Å²) in [6, 6.07) is 0. The minimum absolute atomic E-state index is 0.651. The molecule has 0 aliphatic rings. The second-order valence-electron chi connectivity index (χ2n) is 2.27. The van der Waals surface area contributed by atoms with Crippen LogP contribution in [0.1, 0.15) is 34.6 Å². The minimum atomic E-state index is 0.651. The lowest BCUT2D eigenvalue weighted by molar-refractivity contribution is 0.832. The van der Waals surface area contributed by atoms with Crippen molar-refractivity contribution in [1.29, 1.82) is 0 Å². The van der Waals surface area contributed by atoms with Crippen molar-refractivity contribution in [2.75, 3.05) is 0 Å². The Morgan fingerprint density at radius 1 is 1.08 bits per heavy atom. The van der Waals surface area contributed by atoms with E-state index in [1.165, 1.54) is 0 Å². The zero-order valence-electron chi connectivity index (χ0n) is 9.30. The second kappa shape index (κ2) is 22.5. The van der Waals surface area contributed by atoms with Gasteiger partial charge in [0.15, 0.2) is 0 Å². The predicted octanol–water partition coefficient (Wildman–Crippen LogP) is 4.60. The Labute approximate surface area is 78.7 Å². The molecule has 0 atom stereocenters. The highest BCUT2D eigenvalue weighted by Gasteiger charge is 1.77. The molecule has 0 spiro atoms. The van der Waals surface area contributed by atoms with Gasteiger partial charge in [-0.1, -0.05) is 58.6 Å². The Bertz CT molecular complexity index is 96.6. The molecular weight excluding hydrogens is 144 g/mol. The number of allylic oxidation sites excluding steroid dienone is 4. The second-order valence-corrected chi connectivity index (χ2v) is 2.27. The highest BCUT2D eigenvalue weighted by Crippen LogP contribution is 1.91. The molecule has 0 aromatic heterocycles. The SMILES string of the molecule is C=C/C=C\C(C)C.C=CC.CC. The number of hydrogen-bond donors (Lipinski definition) is 0. The maximum absolute atomic E-state index is 3.55. The van der Waals surface area contributed by atoms with Crippen LogP contribution in [0.4, 0.5) is 0 Å². The smallest absolute Gasteiger partial charge is 0.0287 e. The normalized spacial score (nSPS) is 7.83. The standard InChI is InChI=1S/C7H12.C3H6.C2H6/c1-4-5-6-7(2)3;1-3-2;1-2/h4-7H,1H2,2-3H3;3H,1H2,2H3;1-2H3/b6-5-;;. The molecule has 0 fully saturated rings. The van der Waals surface area contributed by atoms with Gasteiger partial charge in [-0.25, -0.2) is 0 Å². The predicted molar refractivity (Wildman–Crippen MR) is 61.4 cm³/mol. The molecule has 0 aliphatic carbocycles. The highest BCUT2D eigenvalue weighted by atomic mass is 13.8. The van der Waals surface area contributed by atoms with Gasteiger partial charge in [0.25, 0.3) is 0 Å². The van der Waals surface area contributed by atoms with E-state index in [4.69, 9.17) is 0 Å². The topological polar surface area (TPSA) is 0 Å². The summed E-state index contributed by atoms with van der Waals surface area (Å²) in [5.74, 6) is 0.651. The first kappa shape index (κ1) is 17.3. The quantitative estimate of drug-likeness (QED) is 0.417. The Hall–Kier alpha value is -0.780. The average Bonchev–Trinajstić information content (AvgIpc) is 2.06. The van der Waals surface area contributed by atoms with E-state index in [1.807, 2.05) is 26.8 Å². The van der Waals surface area contributed by atoms with Crippen molar-refractivity contribution in [3.63, 3.8) is 0 Å². The van der Waals surface area contributed by atoms with Crippen molar-refractivity contribution in [1.82, 2.24) is 0 Å². The third-order valence-corrected chi connectivity index (χ3v) is 0.632. The maximum atomic E-state index is 3.55. The lowest BCUT2D eigenvalue weighted by atomic mass is 10.2. The number of hydrogen-bond acceptors (Lipinski definition) is 0. The van der Waals surface area contributed by atoms with Gasteiger partial charge in [-0.3, -0.25) is 0 Å². The van der Waals surface area contributed by atoms with Crippen molar-refractivity contribution in [2.24, 2.45) is 5.92 Å². The van der Waals surface area contributed by atoms with Crippen LogP contribution in [-0.4, -0.2) is 0 Å². The molecule has 0 heteroatoms. The van der Waals surface area contributed by atoms with Crippen LogP contribution in [0.15, 0.2) is 37.5 Å². The van der Waals surface area contributed by atoms with Gasteiger partial charge in [0, 0.05) is 0 Å². The molecule has 0 nitrogen and oxygen atoms in total.